The van der Waals surface area contributed by atoms with Gasteiger partial charge in [0, 0.05) is 42.6 Å². The van der Waals surface area contributed by atoms with Crippen LogP contribution in [0.25, 0.3) is 5.70 Å². The maximum Gasteiger partial charge on any atom is 0.348 e. The number of nitrogens with zero attached hydrogens (tertiary/aromatic N) is 3. The Balaban J connectivity index is 1.84. The van der Waals surface area contributed by atoms with E-state index in [9.17, 15) is 14.4 Å². The molecule has 0 saturated carbocycles. The molecule has 1 fully saturated rings. The Hall–Kier alpha value is -3.30. The molecule has 1 aliphatic heterocycles. The SMILES string of the molecule is CCOC(=O)/C(C#N)=C/C=C(/c1ccc(Cl)cc1)N1CCN(c2ccc(F)cc2)CC1. The fourth-order valence-corrected chi connectivity index (χ4v) is 3.51. The molecule has 3 rings (SSSR count). The molecule has 0 spiro atoms. The Kier molecular flexibility index (Phi) is 7.69. The predicted molar refractivity (Wildman–Crippen MR) is 120 cm³/mol. The summed E-state index contributed by atoms with van der Waals surface area (Å²) in [5.41, 5.74) is 2.73. The van der Waals surface area contributed by atoms with Crippen LogP contribution in [0.5, 0.6) is 0 Å². The number of esters is 1. The molecule has 160 valence electrons. The molecule has 0 bridgehead atoms. The molecule has 0 amide bonds. The third-order valence-corrected chi connectivity index (χ3v) is 5.23. The third kappa shape index (κ3) is 5.87. The number of piperazine rings is 1. The minimum Gasteiger partial charge on any atom is -0.462 e. The lowest BCUT2D eigenvalue weighted by atomic mass is 10.1. The van der Waals surface area contributed by atoms with E-state index in [0.717, 1.165) is 43.1 Å². The fourth-order valence-electron chi connectivity index (χ4n) is 3.38. The van der Waals surface area contributed by atoms with E-state index in [1.165, 1.54) is 18.2 Å². The van der Waals surface area contributed by atoms with Crippen molar-refractivity contribution in [2.75, 3.05) is 37.7 Å². The topological polar surface area (TPSA) is 56.6 Å². The Morgan fingerprint density at radius 2 is 1.74 bits per heavy atom. The first-order valence-electron chi connectivity index (χ1n) is 10.0. The average molecular weight is 440 g/mol. The van der Waals surface area contributed by atoms with Crippen LogP contribution in [0.1, 0.15) is 12.5 Å². The van der Waals surface area contributed by atoms with E-state index < -0.39 is 5.97 Å². The van der Waals surface area contributed by atoms with Crippen molar-refractivity contribution in [1.82, 2.24) is 4.90 Å². The molecule has 0 N–H and O–H groups in total. The van der Waals surface area contributed by atoms with Crippen LogP contribution in [-0.2, 0) is 9.53 Å². The zero-order valence-corrected chi connectivity index (χ0v) is 18.0. The number of hydrogen-bond donors (Lipinski definition) is 0. The van der Waals surface area contributed by atoms with Crippen molar-refractivity contribution in [1.29, 1.82) is 5.26 Å². The van der Waals surface area contributed by atoms with Crippen molar-refractivity contribution in [2.45, 2.75) is 6.92 Å². The van der Waals surface area contributed by atoms with E-state index in [-0.39, 0.29) is 18.0 Å². The van der Waals surface area contributed by atoms with Crippen molar-refractivity contribution in [3.8, 4) is 6.07 Å². The van der Waals surface area contributed by atoms with Crippen LogP contribution in [0, 0.1) is 17.1 Å². The van der Waals surface area contributed by atoms with Crippen molar-refractivity contribution in [2.24, 2.45) is 0 Å². The first-order valence-corrected chi connectivity index (χ1v) is 10.4. The highest BCUT2D eigenvalue weighted by atomic mass is 35.5. The van der Waals surface area contributed by atoms with E-state index >= 15 is 0 Å². The number of allylic oxidation sites excluding steroid dienone is 2. The van der Waals surface area contributed by atoms with Gasteiger partial charge in [0.2, 0.25) is 0 Å². The van der Waals surface area contributed by atoms with Gasteiger partial charge in [-0.25, -0.2) is 9.18 Å². The van der Waals surface area contributed by atoms with Crippen molar-refractivity contribution >= 4 is 29.0 Å². The van der Waals surface area contributed by atoms with Crippen LogP contribution in [0.15, 0.2) is 66.3 Å². The number of carbonyl (C=O) groups excluding carboxylic acids is 1. The number of carbonyl (C=O) groups is 1. The largest absolute Gasteiger partial charge is 0.462 e. The molecule has 0 aromatic heterocycles. The maximum atomic E-state index is 13.2. The van der Waals surface area contributed by atoms with Crippen LogP contribution in [0.4, 0.5) is 10.1 Å². The van der Waals surface area contributed by atoms with Gasteiger partial charge < -0.3 is 14.5 Å². The standard InChI is InChI=1S/C24H23ClFN3O2/c1-2-31-24(30)19(17-27)5-12-23(18-3-6-20(25)7-4-18)29-15-13-28(14-16-29)22-10-8-21(26)9-11-22/h3-12H,2,13-16H2,1H3/b19-5+,23-12-. The summed E-state index contributed by atoms with van der Waals surface area (Å²) in [6, 6.07) is 15.8. The van der Waals surface area contributed by atoms with E-state index in [4.69, 9.17) is 16.3 Å². The first-order chi connectivity index (χ1) is 15.0. The molecule has 31 heavy (non-hydrogen) atoms. The Morgan fingerprint density at radius 3 is 2.32 bits per heavy atom. The lowest BCUT2D eigenvalue weighted by molar-refractivity contribution is -0.138. The van der Waals surface area contributed by atoms with Gasteiger partial charge in [0.05, 0.1) is 6.61 Å². The molecule has 0 unspecified atom stereocenters. The molecule has 5 nitrogen and oxygen atoms in total. The minimum atomic E-state index is -0.641. The molecule has 7 heteroatoms. The Labute approximate surface area is 186 Å². The highest BCUT2D eigenvalue weighted by Gasteiger charge is 2.20. The van der Waals surface area contributed by atoms with E-state index in [1.807, 2.05) is 18.2 Å². The van der Waals surface area contributed by atoms with Gasteiger partial charge >= 0.3 is 5.97 Å². The van der Waals surface area contributed by atoms with Crippen LogP contribution >= 0.6 is 11.6 Å². The van der Waals surface area contributed by atoms with Crippen LogP contribution in [0.2, 0.25) is 5.02 Å². The summed E-state index contributed by atoms with van der Waals surface area (Å²) in [7, 11) is 0. The smallest absolute Gasteiger partial charge is 0.348 e. The van der Waals surface area contributed by atoms with Crippen LogP contribution in [-0.4, -0.2) is 43.7 Å². The van der Waals surface area contributed by atoms with Crippen molar-refractivity contribution in [3.63, 3.8) is 0 Å². The quantitative estimate of drug-likeness (QED) is 0.284. The Morgan fingerprint density at radius 1 is 1.10 bits per heavy atom. The number of rotatable bonds is 6. The molecule has 1 aliphatic rings. The van der Waals surface area contributed by atoms with E-state index in [1.54, 1.807) is 37.3 Å². The van der Waals surface area contributed by atoms with Gasteiger partial charge in [0.15, 0.2) is 0 Å². The summed E-state index contributed by atoms with van der Waals surface area (Å²) in [5.74, 6) is -0.894. The highest BCUT2D eigenvalue weighted by molar-refractivity contribution is 6.30. The van der Waals surface area contributed by atoms with Crippen molar-refractivity contribution < 1.29 is 13.9 Å². The maximum absolute atomic E-state index is 13.2. The second-order valence-corrected chi connectivity index (χ2v) is 7.36. The Bertz CT molecular complexity index is 1000. The monoisotopic (exact) mass is 439 g/mol. The lowest BCUT2D eigenvalue weighted by Gasteiger charge is -2.38. The summed E-state index contributed by atoms with van der Waals surface area (Å²) >= 11 is 6.04. The molecule has 2 aromatic rings. The van der Waals surface area contributed by atoms with Crippen molar-refractivity contribution in [3.05, 3.63) is 82.7 Å². The molecule has 0 aliphatic carbocycles. The molecule has 1 saturated heterocycles. The summed E-state index contributed by atoms with van der Waals surface area (Å²) in [5, 5.41) is 9.95. The third-order valence-electron chi connectivity index (χ3n) is 4.98. The number of benzene rings is 2. The highest BCUT2D eigenvalue weighted by Crippen LogP contribution is 2.25. The second-order valence-electron chi connectivity index (χ2n) is 6.92. The van der Waals surface area contributed by atoms with Gasteiger partial charge in [-0.3, -0.25) is 0 Å². The van der Waals surface area contributed by atoms with Gasteiger partial charge in [0.25, 0.3) is 0 Å². The number of anilines is 1. The van der Waals surface area contributed by atoms with Crippen LogP contribution < -0.4 is 4.90 Å². The molecule has 0 atom stereocenters. The lowest BCUT2D eigenvalue weighted by Crippen LogP contribution is -2.45. The summed E-state index contributed by atoms with van der Waals surface area (Å²) in [6.07, 6.45) is 3.26. The number of ether oxygens (including phenoxy) is 1. The molecular formula is C24H23ClFN3O2. The van der Waals surface area contributed by atoms with Gasteiger partial charge in [-0.2, -0.15) is 5.26 Å². The zero-order chi connectivity index (χ0) is 22.2. The number of hydrogen-bond acceptors (Lipinski definition) is 5. The van der Waals surface area contributed by atoms with Gasteiger partial charge in [-0.1, -0.05) is 23.7 Å². The number of nitriles is 1. The second kappa shape index (κ2) is 10.6. The predicted octanol–water partition coefficient (Wildman–Crippen LogP) is 4.66. The van der Waals surface area contributed by atoms with Gasteiger partial charge in [0.1, 0.15) is 17.5 Å². The zero-order valence-electron chi connectivity index (χ0n) is 17.2. The normalized spacial score (nSPS) is 14.9. The summed E-state index contributed by atoms with van der Waals surface area (Å²) in [6.45, 7) is 4.86. The first kappa shape index (κ1) is 22.4. The van der Waals surface area contributed by atoms with E-state index in [0.29, 0.717) is 5.02 Å². The average Bonchev–Trinajstić information content (AvgIpc) is 2.79. The molecule has 0 radical (unpaired) electrons. The van der Waals surface area contributed by atoms with E-state index in [2.05, 4.69) is 9.80 Å². The van der Waals surface area contributed by atoms with Gasteiger partial charge in [-0.15, -0.1) is 0 Å². The van der Waals surface area contributed by atoms with Gasteiger partial charge in [-0.05, 0) is 61.0 Å². The summed E-state index contributed by atoms with van der Waals surface area (Å²) in [4.78, 5) is 16.4. The molecule has 2 aromatic carbocycles. The number of halogens is 2. The molecule has 1 heterocycles. The minimum absolute atomic E-state index is 0.0572. The summed E-state index contributed by atoms with van der Waals surface area (Å²) < 4.78 is 18.2. The fraction of sp³-hybridized carbons (Fsp3) is 0.250. The van der Waals surface area contributed by atoms with Crippen LogP contribution in [0.3, 0.4) is 0 Å². The molecular weight excluding hydrogens is 417 g/mol.